The van der Waals surface area contributed by atoms with Crippen LogP contribution in [0.4, 0.5) is 0 Å². The summed E-state index contributed by atoms with van der Waals surface area (Å²) in [6, 6.07) is 7.88. The lowest BCUT2D eigenvalue weighted by atomic mass is 10.0. The van der Waals surface area contributed by atoms with Crippen LogP contribution >= 0.6 is 34.5 Å². The molecule has 1 atom stereocenters. The van der Waals surface area contributed by atoms with E-state index in [1.807, 2.05) is 24.3 Å². The zero-order valence-electron chi connectivity index (χ0n) is 11.5. The standard InChI is InChI=1S/C15H15Cl2NO2S/c1-2-18-14(10-8-13(16)21-15(10)17)9-3-4-11-12(7-9)20-6-5-19-11/h3-4,7-8,14,18H,2,5-6H2,1H3. The zero-order valence-corrected chi connectivity index (χ0v) is 13.8. The van der Waals surface area contributed by atoms with E-state index in [-0.39, 0.29) is 6.04 Å². The lowest BCUT2D eigenvalue weighted by Gasteiger charge is -2.22. The van der Waals surface area contributed by atoms with Gasteiger partial charge >= 0.3 is 0 Å². The Labute approximate surface area is 137 Å². The lowest BCUT2D eigenvalue weighted by molar-refractivity contribution is 0.171. The first-order chi connectivity index (χ1) is 10.2. The van der Waals surface area contributed by atoms with Gasteiger partial charge < -0.3 is 14.8 Å². The first-order valence-electron chi connectivity index (χ1n) is 6.76. The van der Waals surface area contributed by atoms with Crippen molar-refractivity contribution in [2.24, 2.45) is 0 Å². The number of rotatable bonds is 4. The topological polar surface area (TPSA) is 30.5 Å². The summed E-state index contributed by atoms with van der Waals surface area (Å²) in [5, 5.41) is 3.44. The molecule has 3 rings (SSSR count). The fourth-order valence-electron chi connectivity index (χ4n) is 2.40. The van der Waals surface area contributed by atoms with Crippen molar-refractivity contribution in [2.45, 2.75) is 13.0 Å². The maximum absolute atomic E-state index is 6.31. The van der Waals surface area contributed by atoms with E-state index in [2.05, 4.69) is 12.2 Å². The van der Waals surface area contributed by atoms with Crippen LogP contribution in [0.5, 0.6) is 11.5 Å². The molecule has 1 aliphatic rings. The molecule has 2 aromatic rings. The van der Waals surface area contributed by atoms with Crippen LogP contribution in [-0.4, -0.2) is 19.8 Å². The van der Waals surface area contributed by atoms with Crippen molar-refractivity contribution < 1.29 is 9.47 Å². The van der Waals surface area contributed by atoms with Crippen molar-refractivity contribution in [3.63, 3.8) is 0 Å². The van der Waals surface area contributed by atoms with Gasteiger partial charge in [0.15, 0.2) is 11.5 Å². The van der Waals surface area contributed by atoms with Crippen molar-refractivity contribution in [3.8, 4) is 11.5 Å². The first kappa shape index (κ1) is 15.0. The molecule has 1 aromatic carbocycles. The van der Waals surface area contributed by atoms with E-state index in [1.165, 1.54) is 11.3 Å². The molecule has 1 N–H and O–H groups in total. The molecule has 1 aliphatic heterocycles. The third kappa shape index (κ3) is 3.14. The Kier molecular flexibility index (Phi) is 4.60. The molecule has 2 heterocycles. The summed E-state index contributed by atoms with van der Waals surface area (Å²) >= 11 is 13.8. The van der Waals surface area contributed by atoms with E-state index in [4.69, 9.17) is 32.7 Å². The fraction of sp³-hybridized carbons (Fsp3) is 0.333. The Morgan fingerprint density at radius 1 is 1.19 bits per heavy atom. The van der Waals surface area contributed by atoms with Crippen LogP contribution in [0, 0.1) is 0 Å². The number of nitrogens with one attached hydrogen (secondary N) is 1. The molecule has 0 spiro atoms. The summed E-state index contributed by atoms with van der Waals surface area (Å²) in [7, 11) is 0. The summed E-state index contributed by atoms with van der Waals surface area (Å²) in [6.07, 6.45) is 0. The molecule has 0 amide bonds. The van der Waals surface area contributed by atoms with Gasteiger partial charge in [-0.1, -0.05) is 36.2 Å². The van der Waals surface area contributed by atoms with Crippen molar-refractivity contribution in [1.82, 2.24) is 5.32 Å². The molecule has 112 valence electrons. The molecule has 3 nitrogen and oxygen atoms in total. The second kappa shape index (κ2) is 6.44. The van der Waals surface area contributed by atoms with Crippen LogP contribution < -0.4 is 14.8 Å². The predicted molar refractivity (Wildman–Crippen MR) is 87.3 cm³/mol. The van der Waals surface area contributed by atoms with Gasteiger partial charge in [0.25, 0.3) is 0 Å². The number of benzene rings is 1. The van der Waals surface area contributed by atoms with Gasteiger partial charge in [-0.05, 0) is 30.3 Å². The maximum atomic E-state index is 6.31. The minimum atomic E-state index is -0.0120. The molecule has 0 radical (unpaired) electrons. The van der Waals surface area contributed by atoms with Crippen LogP contribution in [0.2, 0.25) is 8.67 Å². The van der Waals surface area contributed by atoms with Gasteiger partial charge in [0.1, 0.15) is 13.2 Å². The van der Waals surface area contributed by atoms with Gasteiger partial charge in [-0.3, -0.25) is 0 Å². The minimum Gasteiger partial charge on any atom is -0.486 e. The molecule has 0 saturated carbocycles. The van der Waals surface area contributed by atoms with E-state index < -0.39 is 0 Å². The van der Waals surface area contributed by atoms with E-state index in [9.17, 15) is 0 Å². The monoisotopic (exact) mass is 343 g/mol. The number of hydrogen-bond acceptors (Lipinski definition) is 4. The molecule has 0 aliphatic carbocycles. The molecule has 1 aromatic heterocycles. The highest BCUT2D eigenvalue weighted by Crippen LogP contribution is 2.40. The van der Waals surface area contributed by atoms with Crippen LogP contribution in [0.25, 0.3) is 0 Å². The normalized spacial score (nSPS) is 15.0. The van der Waals surface area contributed by atoms with Crippen molar-refractivity contribution in [2.75, 3.05) is 19.8 Å². The number of hydrogen-bond donors (Lipinski definition) is 1. The SMILES string of the molecule is CCNC(c1ccc2c(c1)OCCO2)c1cc(Cl)sc1Cl. The largest absolute Gasteiger partial charge is 0.486 e. The molecule has 0 fully saturated rings. The van der Waals surface area contributed by atoms with Crippen molar-refractivity contribution in [3.05, 3.63) is 44.1 Å². The summed E-state index contributed by atoms with van der Waals surface area (Å²) in [5.74, 6) is 1.56. The van der Waals surface area contributed by atoms with Gasteiger partial charge in [-0.25, -0.2) is 0 Å². The molecule has 0 bridgehead atoms. The fourth-order valence-corrected chi connectivity index (χ4v) is 3.93. The smallest absolute Gasteiger partial charge is 0.161 e. The van der Waals surface area contributed by atoms with Crippen LogP contribution in [0.1, 0.15) is 24.1 Å². The van der Waals surface area contributed by atoms with Crippen LogP contribution in [0.15, 0.2) is 24.3 Å². The van der Waals surface area contributed by atoms with E-state index >= 15 is 0 Å². The van der Waals surface area contributed by atoms with E-state index in [0.717, 1.165) is 29.2 Å². The third-order valence-electron chi connectivity index (χ3n) is 3.30. The summed E-state index contributed by atoms with van der Waals surface area (Å²) in [5.41, 5.74) is 2.07. The first-order valence-corrected chi connectivity index (χ1v) is 8.34. The molecular formula is C15H15Cl2NO2S. The summed E-state index contributed by atoms with van der Waals surface area (Å²) in [6.45, 7) is 4.05. The number of fused-ring (bicyclic) bond motifs is 1. The second-order valence-electron chi connectivity index (χ2n) is 4.67. The average Bonchev–Trinajstić information content (AvgIpc) is 2.83. The highest BCUT2D eigenvalue weighted by atomic mass is 35.5. The van der Waals surface area contributed by atoms with Gasteiger partial charge in [0.05, 0.1) is 14.7 Å². The quantitative estimate of drug-likeness (QED) is 0.884. The van der Waals surface area contributed by atoms with Crippen LogP contribution in [-0.2, 0) is 0 Å². The molecule has 1 unspecified atom stereocenters. The Morgan fingerprint density at radius 3 is 2.62 bits per heavy atom. The molecule has 6 heteroatoms. The zero-order chi connectivity index (χ0) is 14.8. The highest BCUT2D eigenvalue weighted by Gasteiger charge is 2.21. The van der Waals surface area contributed by atoms with E-state index in [1.54, 1.807) is 0 Å². The minimum absolute atomic E-state index is 0.0120. The van der Waals surface area contributed by atoms with Crippen molar-refractivity contribution >= 4 is 34.5 Å². The van der Waals surface area contributed by atoms with Gasteiger partial charge in [-0.15, -0.1) is 11.3 Å². The second-order valence-corrected chi connectivity index (χ2v) is 6.96. The van der Waals surface area contributed by atoms with Crippen LogP contribution in [0.3, 0.4) is 0 Å². The Morgan fingerprint density at radius 2 is 1.95 bits per heavy atom. The third-order valence-corrected chi connectivity index (χ3v) is 4.82. The molecule has 21 heavy (non-hydrogen) atoms. The maximum Gasteiger partial charge on any atom is 0.161 e. The molecule has 0 saturated heterocycles. The van der Waals surface area contributed by atoms with Gasteiger partial charge in [0.2, 0.25) is 0 Å². The predicted octanol–water partition coefficient (Wildman–Crippen LogP) is 4.53. The lowest BCUT2D eigenvalue weighted by Crippen LogP contribution is -2.22. The number of halogens is 2. The van der Waals surface area contributed by atoms with Gasteiger partial charge in [0, 0.05) is 5.56 Å². The summed E-state index contributed by atoms with van der Waals surface area (Å²) in [4.78, 5) is 0. The Hall–Kier alpha value is -0.940. The number of thiophene rings is 1. The number of ether oxygens (including phenoxy) is 2. The Balaban J connectivity index is 1.99. The van der Waals surface area contributed by atoms with Crippen molar-refractivity contribution in [1.29, 1.82) is 0 Å². The Bertz CT molecular complexity index is 645. The average molecular weight is 344 g/mol. The van der Waals surface area contributed by atoms with Gasteiger partial charge in [-0.2, -0.15) is 0 Å². The summed E-state index contributed by atoms with van der Waals surface area (Å²) < 4.78 is 12.6. The molecular weight excluding hydrogens is 329 g/mol. The van der Waals surface area contributed by atoms with E-state index in [0.29, 0.717) is 21.9 Å². The highest BCUT2D eigenvalue weighted by molar-refractivity contribution is 7.20.